The second kappa shape index (κ2) is 6.13. The predicted molar refractivity (Wildman–Crippen MR) is 76.4 cm³/mol. The molecule has 6 nitrogen and oxygen atoms in total. The first-order valence-corrected chi connectivity index (χ1v) is 6.49. The van der Waals surface area contributed by atoms with Crippen LogP contribution in [0.5, 0.6) is 11.5 Å². The minimum absolute atomic E-state index is 0.247. The molecule has 0 radical (unpaired) electrons. The van der Waals surface area contributed by atoms with Crippen LogP contribution in [0.2, 0.25) is 0 Å². The highest BCUT2D eigenvalue weighted by atomic mass is 79.9. The number of hydrogen-bond donors (Lipinski definition) is 2. The summed E-state index contributed by atoms with van der Waals surface area (Å²) in [5.74, 6) is -0.811. The number of carboxylic acids is 1. The number of carbonyl (C=O) groups excluding carboxylic acids is 1. The summed E-state index contributed by atoms with van der Waals surface area (Å²) in [6.45, 7) is 2.81. The van der Waals surface area contributed by atoms with Gasteiger partial charge in [0.05, 0.1) is 14.2 Å². The number of methoxy groups -OCH3 is 2. The van der Waals surface area contributed by atoms with E-state index in [-0.39, 0.29) is 5.56 Å². The average molecular weight is 346 g/mol. The fourth-order valence-electron chi connectivity index (χ4n) is 1.41. The molecular formula is C13H16BrNO5. The maximum atomic E-state index is 12.1. The fourth-order valence-corrected chi connectivity index (χ4v) is 1.96. The van der Waals surface area contributed by atoms with Gasteiger partial charge in [-0.25, -0.2) is 4.79 Å². The number of carboxylic acid groups (broad SMARTS) is 1. The van der Waals surface area contributed by atoms with Gasteiger partial charge in [0.2, 0.25) is 0 Å². The maximum Gasteiger partial charge on any atom is 0.328 e. The van der Waals surface area contributed by atoms with Gasteiger partial charge in [-0.2, -0.15) is 0 Å². The molecule has 2 N–H and O–H groups in total. The molecule has 0 atom stereocenters. The van der Waals surface area contributed by atoms with Crippen molar-refractivity contribution in [3.05, 3.63) is 22.2 Å². The minimum Gasteiger partial charge on any atom is -0.495 e. The summed E-state index contributed by atoms with van der Waals surface area (Å²) < 4.78 is 10.8. The second-order valence-corrected chi connectivity index (χ2v) is 5.37. The number of halogens is 1. The molecule has 0 aliphatic carbocycles. The van der Waals surface area contributed by atoms with Crippen LogP contribution in [-0.2, 0) is 4.79 Å². The zero-order valence-electron chi connectivity index (χ0n) is 11.6. The SMILES string of the molecule is COc1cc(C(=O)NC(C)(C)C(=O)O)cc(OC)c1Br. The monoisotopic (exact) mass is 345 g/mol. The molecule has 7 heteroatoms. The molecule has 0 aliphatic heterocycles. The Labute approximate surface area is 125 Å². The van der Waals surface area contributed by atoms with E-state index in [4.69, 9.17) is 14.6 Å². The summed E-state index contributed by atoms with van der Waals surface area (Å²) in [4.78, 5) is 23.1. The van der Waals surface area contributed by atoms with Crippen molar-refractivity contribution in [3.8, 4) is 11.5 Å². The van der Waals surface area contributed by atoms with Crippen LogP contribution in [-0.4, -0.2) is 36.7 Å². The average Bonchev–Trinajstić information content (AvgIpc) is 2.38. The minimum atomic E-state index is -1.37. The highest BCUT2D eigenvalue weighted by Crippen LogP contribution is 2.35. The molecule has 0 spiro atoms. The van der Waals surface area contributed by atoms with Crippen LogP contribution in [0.1, 0.15) is 24.2 Å². The lowest BCUT2D eigenvalue weighted by molar-refractivity contribution is -0.143. The highest BCUT2D eigenvalue weighted by molar-refractivity contribution is 9.10. The molecule has 0 saturated carbocycles. The molecule has 0 aliphatic rings. The molecule has 1 amide bonds. The molecule has 0 aromatic heterocycles. The lowest BCUT2D eigenvalue weighted by Gasteiger charge is -2.21. The lowest BCUT2D eigenvalue weighted by Crippen LogP contribution is -2.49. The molecule has 0 fully saturated rings. The van der Waals surface area contributed by atoms with E-state index in [9.17, 15) is 9.59 Å². The molecule has 0 bridgehead atoms. The van der Waals surface area contributed by atoms with E-state index in [1.165, 1.54) is 40.2 Å². The number of hydrogen-bond acceptors (Lipinski definition) is 4. The standard InChI is InChI=1S/C13H16BrNO5/c1-13(2,12(17)18)15-11(16)7-5-8(19-3)10(14)9(6-7)20-4/h5-6H,1-4H3,(H,15,16)(H,17,18). The van der Waals surface area contributed by atoms with Crippen molar-refractivity contribution in [1.82, 2.24) is 5.32 Å². The van der Waals surface area contributed by atoms with E-state index in [0.29, 0.717) is 16.0 Å². The molecule has 0 unspecified atom stereocenters. The largest absolute Gasteiger partial charge is 0.495 e. The summed E-state index contributed by atoms with van der Waals surface area (Å²) in [5, 5.41) is 11.4. The summed E-state index contributed by atoms with van der Waals surface area (Å²) in [7, 11) is 2.92. The summed E-state index contributed by atoms with van der Waals surface area (Å²) in [5.41, 5.74) is -1.12. The van der Waals surface area contributed by atoms with Gasteiger partial charge in [-0.3, -0.25) is 4.79 Å². The third kappa shape index (κ3) is 3.41. The first-order valence-electron chi connectivity index (χ1n) is 5.70. The Morgan fingerprint density at radius 1 is 1.20 bits per heavy atom. The van der Waals surface area contributed by atoms with Crippen LogP contribution in [0.4, 0.5) is 0 Å². The number of benzene rings is 1. The van der Waals surface area contributed by atoms with Crippen molar-refractivity contribution in [2.24, 2.45) is 0 Å². The summed E-state index contributed by atoms with van der Waals surface area (Å²) in [6.07, 6.45) is 0. The molecular weight excluding hydrogens is 330 g/mol. The maximum absolute atomic E-state index is 12.1. The Kier molecular flexibility index (Phi) is 4.99. The van der Waals surface area contributed by atoms with Crippen molar-refractivity contribution in [3.63, 3.8) is 0 Å². The Morgan fingerprint density at radius 3 is 2.00 bits per heavy atom. The molecule has 110 valence electrons. The highest BCUT2D eigenvalue weighted by Gasteiger charge is 2.29. The molecule has 1 rings (SSSR count). The number of nitrogens with one attached hydrogen (secondary N) is 1. The zero-order valence-corrected chi connectivity index (χ0v) is 13.2. The normalized spacial score (nSPS) is 10.8. The number of carbonyl (C=O) groups is 2. The van der Waals surface area contributed by atoms with Crippen molar-refractivity contribution < 1.29 is 24.2 Å². The third-order valence-corrected chi connectivity index (χ3v) is 3.45. The van der Waals surface area contributed by atoms with Gasteiger partial charge in [0.25, 0.3) is 5.91 Å². The molecule has 1 aromatic carbocycles. The van der Waals surface area contributed by atoms with Gasteiger partial charge in [-0.05, 0) is 41.9 Å². The number of amides is 1. The van der Waals surface area contributed by atoms with E-state index in [0.717, 1.165) is 0 Å². The summed E-state index contributed by atoms with van der Waals surface area (Å²) in [6, 6.07) is 3.00. The number of aliphatic carboxylic acids is 1. The van der Waals surface area contributed by atoms with Crippen LogP contribution < -0.4 is 14.8 Å². The van der Waals surface area contributed by atoms with Gasteiger partial charge in [0.15, 0.2) is 0 Å². The zero-order chi connectivity index (χ0) is 15.5. The van der Waals surface area contributed by atoms with Gasteiger partial charge >= 0.3 is 5.97 Å². The first-order chi connectivity index (χ1) is 9.22. The Hall–Kier alpha value is -1.76. The Bertz CT molecular complexity index is 517. The van der Waals surface area contributed by atoms with Gasteiger partial charge in [-0.1, -0.05) is 0 Å². The van der Waals surface area contributed by atoms with Crippen molar-refractivity contribution >= 4 is 27.8 Å². The second-order valence-electron chi connectivity index (χ2n) is 4.58. The Balaban J connectivity index is 3.14. The third-order valence-electron chi connectivity index (χ3n) is 2.67. The van der Waals surface area contributed by atoms with Crippen LogP contribution in [0.25, 0.3) is 0 Å². The Morgan fingerprint density at radius 2 is 1.65 bits per heavy atom. The van der Waals surface area contributed by atoms with Crippen molar-refractivity contribution in [1.29, 1.82) is 0 Å². The smallest absolute Gasteiger partial charge is 0.328 e. The van der Waals surface area contributed by atoms with Gasteiger partial charge in [0.1, 0.15) is 21.5 Å². The molecule has 20 heavy (non-hydrogen) atoms. The van der Waals surface area contributed by atoms with E-state index in [2.05, 4.69) is 21.2 Å². The van der Waals surface area contributed by atoms with Crippen LogP contribution in [0.3, 0.4) is 0 Å². The van der Waals surface area contributed by atoms with Gasteiger partial charge in [-0.15, -0.1) is 0 Å². The van der Waals surface area contributed by atoms with E-state index >= 15 is 0 Å². The van der Waals surface area contributed by atoms with Gasteiger partial charge in [0, 0.05) is 5.56 Å². The van der Waals surface area contributed by atoms with E-state index < -0.39 is 17.4 Å². The van der Waals surface area contributed by atoms with Crippen molar-refractivity contribution in [2.45, 2.75) is 19.4 Å². The van der Waals surface area contributed by atoms with Crippen molar-refractivity contribution in [2.75, 3.05) is 14.2 Å². The first kappa shape index (κ1) is 16.3. The quantitative estimate of drug-likeness (QED) is 0.853. The van der Waals surface area contributed by atoms with Crippen LogP contribution >= 0.6 is 15.9 Å². The van der Waals surface area contributed by atoms with Gasteiger partial charge < -0.3 is 19.9 Å². The summed E-state index contributed by atoms with van der Waals surface area (Å²) >= 11 is 3.29. The molecule has 1 aromatic rings. The lowest BCUT2D eigenvalue weighted by atomic mass is 10.0. The number of rotatable bonds is 5. The predicted octanol–water partition coefficient (Wildman–Crippen LogP) is 2.06. The van der Waals surface area contributed by atoms with Crippen LogP contribution in [0, 0.1) is 0 Å². The molecule has 0 saturated heterocycles. The molecule has 0 heterocycles. The van der Waals surface area contributed by atoms with E-state index in [1.807, 2.05) is 0 Å². The van der Waals surface area contributed by atoms with Crippen LogP contribution in [0.15, 0.2) is 16.6 Å². The van der Waals surface area contributed by atoms with E-state index in [1.54, 1.807) is 0 Å². The number of ether oxygens (including phenoxy) is 2. The fraction of sp³-hybridized carbons (Fsp3) is 0.385. The topological polar surface area (TPSA) is 84.9 Å².